The molecule has 0 N–H and O–H groups in total. The molecule has 1 atom stereocenters. The van der Waals surface area contributed by atoms with Crippen LogP contribution in [0, 0.1) is 0 Å². The van der Waals surface area contributed by atoms with E-state index in [9.17, 15) is 0 Å². The van der Waals surface area contributed by atoms with Crippen molar-refractivity contribution in [3.8, 4) is 33.4 Å². The number of anilines is 2. The van der Waals surface area contributed by atoms with E-state index < -0.39 is 5.41 Å². The summed E-state index contributed by atoms with van der Waals surface area (Å²) in [5, 5.41) is 2.44. The van der Waals surface area contributed by atoms with Crippen LogP contribution in [0.4, 0.5) is 11.4 Å². The molecule has 0 saturated heterocycles. The van der Waals surface area contributed by atoms with E-state index in [-0.39, 0.29) is 0 Å². The molecule has 0 fully saturated rings. The van der Waals surface area contributed by atoms with Gasteiger partial charge in [0.2, 0.25) is 0 Å². The van der Waals surface area contributed by atoms with E-state index in [1.165, 1.54) is 77.7 Å². The van der Waals surface area contributed by atoms with Crippen LogP contribution in [0.5, 0.6) is 0 Å². The highest BCUT2D eigenvalue weighted by Gasteiger charge is 2.46. The quantitative estimate of drug-likeness (QED) is 0.149. The van der Waals surface area contributed by atoms with Gasteiger partial charge in [-0.05, 0) is 103 Å². The van der Waals surface area contributed by atoms with Gasteiger partial charge < -0.3 is 4.90 Å². The lowest BCUT2D eigenvalue weighted by molar-refractivity contribution is 0.769. The summed E-state index contributed by atoms with van der Waals surface area (Å²) < 4.78 is 0. The predicted octanol–water partition coefficient (Wildman–Crippen LogP) is 15.3. The number of fused-ring (bicyclic) bond motifs is 4. The molecule has 2 aliphatic carbocycles. The molecule has 0 aromatic heterocycles. The van der Waals surface area contributed by atoms with Crippen LogP contribution >= 0.6 is 0 Å². The first kappa shape index (κ1) is 35.7. The van der Waals surface area contributed by atoms with Gasteiger partial charge in [0.25, 0.3) is 0 Å². The molecule has 0 spiro atoms. The molecule has 1 heteroatoms. The molecule has 284 valence electrons. The van der Waals surface area contributed by atoms with Crippen LogP contribution in [-0.2, 0) is 5.41 Å². The lowest BCUT2D eigenvalue weighted by Gasteiger charge is -2.34. The Hall–Kier alpha value is -7.48. The van der Waals surface area contributed by atoms with Gasteiger partial charge >= 0.3 is 0 Å². The highest BCUT2D eigenvalue weighted by Crippen LogP contribution is 2.57. The van der Waals surface area contributed by atoms with Crippen LogP contribution < -0.4 is 4.90 Å². The summed E-state index contributed by atoms with van der Waals surface area (Å²) in [6.07, 6.45) is 8.05. The van der Waals surface area contributed by atoms with Crippen LogP contribution in [0.3, 0.4) is 0 Å². The number of benzene rings is 9. The summed E-state index contributed by atoms with van der Waals surface area (Å²) in [6.45, 7) is 0. The number of allylic oxidation sites excluding steroid dienone is 3. The fraction of sp³-hybridized carbons (Fsp3) is 0.0508. The normalized spacial score (nSPS) is 14.9. The average molecular weight is 766 g/mol. The van der Waals surface area contributed by atoms with Crippen LogP contribution in [0.2, 0.25) is 0 Å². The van der Waals surface area contributed by atoms with Crippen molar-refractivity contribution in [2.75, 3.05) is 4.90 Å². The molecule has 9 aromatic rings. The van der Waals surface area contributed by atoms with Crippen molar-refractivity contribution in [3.05, 3.63) is 276 Å². The second-order valence-electron chi connectivity index (χ2n) is 16.0. The lowest BCUT2D eigenvalue weighted by Crippen LogP contribution is -2.28. The molecule has 0 heterocycles. The van der Waals surface area contributed by atoms with Crippen LogP contribution in [-0.4, -0.2) is 0 Å². The van der Waals surface area contributed by atoms with Crippen molar-refractivity contribution < 1.29 is 0 Å². The number of nitrogens with zero attached hydrogens (tertiary/aromatic N) is 1. The minimum Gasteiger partial charge on any atom is -0.310 e. The zero-order valence-corrected chi connectivity index (χ0v) is 33.3. The first-order valence-electron chi connectivity index (χ1n) is 21.0. The Morgan fingerprint density at radius 3 is 1.65 bits per heavy atom. The monoisotopic (exact) mass is 765 g/mol. The maximum Gasteiger partial charge on any atom is 0.0713 e. The Labute approximate surface area is 352 Å². The Kier molecular flexibility index (Phi) is 8.94. The summed E-state index contributed by atoms with van der Waals surface area (Å²) in [7, 11) is 0. The van der Waals surface area contributed by atoms with E-state index in [0.717, 1.165) is 17.8 Å². The van der Waals surface area contributed by atoms with E-state index in [0.29, 0.717) is 5.92 Å². The van der Waals surface area contributed by atoms with Gasteiger partial charge in [-0.3, -0.25) is 0 Å². The molecular formula is C59H43N. The minimum absolute atomic E-state index is 0.348. The van der Waals surface area contributed by atoms with Crippen LogP contribution in [0.15, 0.2) is 248 Å². The third-order valence-corrected chi connectivity index (χ3v) is 12.7. The molecule has 0 bridgehead atoms. The molecule has 1 nitrogen and oxygen atoms in total. The van der Waals surface area contributed by atoms with Gasteiger partial charge in [0.05, 0.1) is 11.1 Å². The van der Waals surface area contributed by atoms with E-state index >= 15 is 0 Å². The van der Waals surface area contributed by atoms with Gasteiger partial charge in [-0.25, -0.2) is 0 Å². The van der Waals surface area contributed by atoms with Gasteiger partial charge in [-0.15, -0.1) is 0 Å². The smallest absolute Gasteiger partial charge is 0.0713 e. The van der Waals surface area contributed by atoms with Crippen molar-refractivity contribution in [1.82, 2.24) is 0 Å². The summed E-state index contributed by atoms with van der Waals surface area (Å²) in [4.78, 5) is 2.45. The largest absolute Gasteiger partial charge is 0.310 e. The minimum atomic E-state index is -0.458. The highest BCUT2D eigenvalue weighted by molar-refractivity contribution is 6.06. The predicted molar refractivity (Wildman–Crippen MR) is 252 cm³/mol. The number of hydrogen-bond donors (Lipinski definition) is 0. The molecule has 0 radical (unpaired) electrons. The van der Waals surface area contributed by atoms with Crippen LogP contribution in [0.1, 0.15) is 40.2 Å². The van der Waals surface area contributed by atoms with Gasteiger partial charge in [-0.1, -0.05) is 212 Å². The maximum atomic E-state index is 2.48. The third kappa shape index (κ3) is 5.93. The van der Waals surface area contributed by atoms with Gasteiger partial charge in [0, 0.05) is 22.7 Å². The van der Waals surface area contributed by atoms with E-state index in [1.54, 1.807) is 0 Å². The van der Waals surface area contributed by atoms with Gasteiger partial charge in [0.1, 0.15) is 0 Å². The topological polar surface area (TPSA) is 3.24 Å². The van der Waals surface area contributed by atoms with Gasteiger partial charge in [0.15, 0.2) is 0 Å². The van der Waals surface area contributed by atoms with E-state index in [4.69, 9.17) is 0 Å². The average Bonchev–Trinajstić information content (AvgIpc) is 3.63. The summed E-state index contributed by atoms with van der Waals surface area (Å²) in [5.41, 5.74) is 17.0. The first-order valence-corrected chi connectivity index (χ1v) is 21.0. The molecule has 1 unspecified atom stereocenters. The Morgan fingerprint density at radius 2 is 0.967 bits per heavy atom. The van der Waals surface area contributed by atoms with Crippen molar-refractivity contribution in [3.63, 3.8) is 0 Å². The third-order valence-electron chi connectivity index (χ3n) is 12.7. The standard InChI is InChI=1S/C59H43N/c1-5-17-42(18-6-1)44-29-34-49(35-30-44)60(50-36-31-45(32-37-50)43-19-7-2-8-20-43)58-40-39-51(52-25-13-14-27-55(52)58)46-33-38-54-53-26-15-16-28-56(53)59(57(54)41-46,47-21-9-3-10-22-47)48-23-11-4-12-24-48/h1-31,33-41,45H,32H2. The molecule has 60 heavy (non-hydrogen) atoms. The molecule has 0 amide bonds. The summed E-state index contributed by atoms with van der Waals surface area (Å²) >= 11 is 0. The van der Waals surface area contributed by atoms with E-state index in [1.807, 2.05) is 0 Å². The fourth-order valence-corrected chi connectivity index (χ4v) is 9.92. The zero-order valence-electron chi connectivity index (χ0n) is 33.3. The van der Waals surface area contributed by atoms with Crippen molar-refractivity contribution in [2.45, 2.75) is 17.8 Å². The second-order valence-corrected chi connectivity index (χ2v) is 16.0. The van der Waals surface area contributed by atoms with E-state index in [2.05, 4.69) is 248 Å². The number of hydrogen-bond acceptors (Lipinski definition) is 1. The maximum absolute atomic E-state index is 2.48. The molecule has 0 aliphatic heterocycles. The van der Waals surface area contributed by atoms with Gasteiger partial charge in [-0.2, -0.15) is 0 Å². The second kappa shape index (κ2) is 15.0. The van der Waals surface area contributed by atoms with Crippen molar-refractivity contribution in [2.24, 2.45) is 0 Å². The van der Waals surface area contributed by atoms with Crippen molar-refractivity contribution >= 4 is 22.1 Å². The molecule has 11 rings (SSSR count). The molecular weight excluding hydrogens is 723 g/mol. The Morgan fingerprint density at radius 1 is 0.417 bits per heavy atom. The summed E-state index contributed by atoms with van der Waals surface area (Å²) in [6, 6.07) is 82.5. The molecule has 0 saturated carbocycles. The molecule has 9 aromatic carbocycles. The molecule has 2 aliphatic rings. The SMILES string of the molecule is C1=CC(c2ccccc2)CC=C1N(c1ccc(-c2ccccc2)cc1)c1ccc(-c2ccc3c(c2)C(c2ccccc2)(c2ccccc2)c2ccccc2-3)c2ccccc12. The first-order chi connectivity index (χ1) is 29.8. The Bertz CT molecular complexity index is 3000. The lowest BCUT2D eigenvalue weighted by atomic mass is 9.67. The number of rotatable bonds is 8. The Balaban J connectivity index is 1.07. The highest BCUT2D eigenvalue weighted by atomic mass is 15.1. The summed E-state index contributed by atoms with van der Waals surface area (Å²) in [5.74, 6) is 0.348. The van der Waals surface area contributed by atoms with Crippen molar-refractivity contribution in [1.29, 1.82) is 0 Å². The fourth-order valence-electron chi connectivity index (χ4n) is 9.92. The zero-order chi connectivity index (χ0) is 39.9. The van der Waals surface area contributed by atoms with Crippen LogP contribution in [0.25, 0.3) is 44.2 Å².